The molecule has 53 heavy (non-hydrogen) atoms. The van der Waals surface area contributed by atoms with Crippen molar-refractivity contribution in [1.82, 2.24) is 0 Å². The van der Waals surface area contributed by atoms with Gasteiger partial charge in [0.2, 0.25) is 0 Å². The summed E-state index contributed by atoms with van der Waals surface area (Å²) in [5, 5.41) is 18.3. The van der Waals surface area contributed by atoms with Crippen molar-refractivity contribution in [2.75, 3.05) is 33.0 Å². The maximum Gasteiger partial charge on any atom is 0.472 e. The molecule has 312 valence electrons. The Morgan fingerprint density at radius 3 is 1.55 bits per heavy atom. The normalized spacial score (nSPS) is 14.4. The highest BCUT2D eigenvalue weighted by Gasteiger charge is 2.26. The lowest BCUT2D eigenvalue weighted by atomic mass is 10.1. The third kappa shape index (κ3) is 40.2. The highest BCUT2D eigenvalue weighted by molar-refractivity contribution is 7.47. The van der Waals surface area contributed by atoms with Gasteiger partial charge in [0.25, 0.3) is 0 Å². The van der Waals surface area contributed by atoms with Gasteiger partial charge in [0.05, 0.1) is 26.4 Å². The van der Waals surface area contributed by atoms with E-state index in [2.05, 4.69) is 50.3 Å². The summed E-state index contributed by atoms with van der Waals surface area (Å²) in [5.74, 6) is -0.395. The molecule has 10 heteroatoms. The molecule has 0 aromatic rings. The van der Waals surface area contributed by atoms with E-state index in [1.807, 2.05) is 0 Å². The predicted octanol–water partition coefficient (Wildman–Crippen LogP) is 11.6. The Labute approximate surface area is 325 Å². The molecule has 3 unspecified atom stereocenters. The lowest BCUT2D eigenvalue weighted by molar-refractivity contribution is -0.154. The Hall–Kier alpha value is -1.32. The number of phosphoric acid groups is 1. The maximum atomic E-state index is 12.6. The van der Waals surface area contributed by atoms with Crippen LogP contribution in [0.2, 0.25) is 0 Å². The Bertz CT molecular complexity index is 923. The van der Waals surface area contributed by atoms with Crippen LogP contribution in [0.3, 0.4) is 0 Å². The molecule has 0 amide bonds. The fourth-order valence-electron chi connectivity index (χ4n) is 5.73. The summed E-state index contributed by atoms with van der Waals surface area (Å²) in [7, 11) is -4.52. The minimum atomic E-state index is -4.52. The van der Waals surface area contributed by atoms with Gasteiger partial charge in [0.15, 0.2) is 0 Å². The van der Waals surface area contributed by atoms with Crippen molar-refractivity contribution < 1.29 is 43.0 Å². The first-order valence-electron chi connectivity index (χ1n) is 21.5. The zero-order valence-electron chi connectivity index (χ0n) is 34.0. The number of esters is 1. The SMILES string of the molecule is CCCCCC/C=C\C/C=C\CCCCCCCCOCC(COP(=O)(O)OCC(O)CO)OC(=O)CCCCCCC/C=C\CCCCCCCC. The molecule has 9 nitrogen and oxygen atoms in total. The number of phosphoric ester groups is 1. The molecule has 3 atom stereocenters. The maximum absolute atomic E-state index is 12.6. The first-order valence-corrected chi connectivity index (χ1v) is 23.0. The van der Waals surface area contributed by atoms with Crippen molar-refractivity contribution in [3.8, 4) is 0 Å². The van der Waals surface area contributed by atoms with E-state index in [1.165, 1.54) is 96.3 Å². The van der Waals surface area contributed by atoms with E-state index in [-0.39, 0.29) is 19.6 Å². The smallest absolute Gasteiger partial charge is 0.457 e. The first kappa shape index (κ1) is 51.7. The van der Waals surface area contributed by atoms with E-state index in [4.69, 9.17) is 23.6 Å². The number of carbonyl (C=O) groups excluding carboxylic acids is 1. The van der Waals surface area contributed by atoms with Gasteiger partial charge in [-0.3, -0.25) is 13.8 Å². The second-order valence-corrected chi connectivity index (χ2v) is 15.8. The molecule has 0 saturated carbocycles. The molecule has 0 fully saturated rings. The number of hydrogen-bond donors (Lipinski definition) is 3. The molecule has 0 aliphatic heterocycles. The van der Waals surface area contributed by atoms with Gasteiger partial charge < -0.3 is 24.6 Å². The number of carbonyl (C=O) groups is 1. The molecule has 0 rings (SSSR count). The summed E-state index contributed by atoms with van der Waals surface area (Å²) in [6.07, 6.45) is 42.4. The standard InChI is InChI=1S/C43H81O9P/c1-3-5-7-9-11-13-15-17-19-20-22-24-26-28-30-32-34-36-49-39-42(40-51-53(47,48)50-38-41(45)37-44)52-43(46)35-33-31-29-27-25-23-21-18-16-14-12-10-8-6-4-2/h13,15,18-21,41-42,44-45H,3-12,14,16-17,22-40H2,1-2H3,(H,47,48)/b15-13-,20-19-,21-18-. The third-order valence-corrected chi connectivity index (χ3v) is 10.00. The molecule has 0 spiro atoms. The highest BCUT2D eigenvalue weighted by atomic mass is 31.2. The summed E-state index contributed by atoms with van der Waals surface area (Å²) < 4.78 is 33.3. The van der Waals surface area contributed by atoms with Gasteiger partial charge in [-0.1, -0.05) is 147 Å². The van der Waals surface area contributed by atoms with Gasteiger partial charge >= 0.3 is 13.8 Å². The summed E-state index contributed by atoms with van der Waals surface area (Å²) in [4.78, 5) is 22.5. The van der Waals surface area contributed by atoms with Crippen molar-refractivity contribution in [1.29, 1.82) is 0 Å². The minimum absolute atomic E-state index is 0.0394. The fourth-order valence-corrected chi connectivity index (χ4v) is 6.52. The predicted molar refractivity (Wildman–Crippen MR) is 219 cm³/mol. The molecular formula is C43H81O9P. The van der Waals surface area contributed by atoms with Gasteiger partial charge in [-0.05, 0) is 70.6 Å². The van der Waals surface area contributed by atoms with Crippen LogP contribution in [0.1, 0.15) is 187 Å². The van der Waals surface area contributed by atoms with Crippen LogP contribution in [0, 0.1) is 0 Å². The van der Waals surface area contributed by atoms with Crippen LogP contribution in [0.15, 0.2) is 36.5 Å². The molecule has 0 bridgehead atoms. The summed E-state index contributed by atoms with van der Waals surface area (Å²) in [6, 6.07) is 0. The molecule has 0 heterocycles. The lowest BCUT2D eigenvalue weighted by Gasteiger charge is -2.20. The van der Waals surface area contributed by atoms with E-state index in [0.29, 0.717) is 13.0 Å². The number of aliphatic hydroxyl groups excluding tert-OH is 2. The molecule has 3 N–H and O–H groups in total. The first-order chi connectivity index (χ1) is 25.8. The Balaban J connectivity index is 4.21. The van der Waals surface area contributed by atoms with E-state index in [9.17, 15) is 19.4 Å². The monoisotopic (exact) mass is 773 g/mol. The van der Waals surface area contributed by atoms with Crippen LogP contribution in [-0.2, 0) is 27.9 Å². The quantitative estimate of drug-likeness (QED) is 0.0240. The van der Waals surface area contributed by atoms with Crippen molar-refractivity contribution in [2.24, 2.45) is 0 Å². The van der Waals surface area contributed by atoms with Crippen molar-refractivity contribution in [3.63, 3.8) is 0 Å². The third-order valence-electron chi connectivity index (χ3n) is 9.05. The van der Waals surface area contributed by atoms with E-state index >= 15 is 0 Å². The zero-order valence-corrected chi connectivity index (χ0v) is 34.9. The van der Waals surface area contributed by atoms with Crippen molar-refractivity contribution in [3.05, 3.63) is 36.5 Å². The number of hydrogen-bond acceptors (Lipinski definition) is 8. The van der Waals surface area contributed by atoms with Gasteiger partial charge in [0.1, 0.15) is 12.2 Å². The average Bonchev–Trinajstić information content (AvgIpc) is 3.15. The fraction of sp³-hybridized carbons (Fsp3) is 0.837. The molecule has 0 saturated heterocycles. The largest absolute Gasteiger partial charge is 0.472 e. The number of allylic oxidation sites excluding steroid dienone is 6. The van der Waals surface area contributed by atoms with E-state index in [1.54, 1.807) is 0 Å². The summed E-state index contributed by atoms with van der Waals surface area (Å²) in [6.45, 7) is 3.47. The molecule has 0 aromatic heterocycles. The van der Waals surface area contributed by atoms with Gasteiger partial charge in [-0.15, -0.1) is 0 Å². The lowest BCUT2D eigenvalue weighted by Crippen LogP contribution is -2.29. The van der Waals surface area contributed by atoms with Crippen LogP contribution >= 0.6 is 7.82 Å². The average molecular weight is 773 g/mol. The van der Waals surface area contributed by atoms with Gasteiger partial charge in [0, 0.05) is 13.0 Å². The van der Waals surface area contributed by atoms with Crippen LogP contribution in [0.4, 0.5) is 0 Å². The molecule has 0 aliphatic rings. The van der Waals surface area contributed by atoms with Crippen LogP contribution in [-0.4, -0.2) is 66.3 Å². The van der Waals surface area contributed by atoms with Gasteiger partial charge in [-0.25, -0.2) is 4.57 Å². The van der Waals surface area contributed by atoms with Crippen molar-refractivity contribution in [2.45, 2.75) is 199 Å². The van der Waals surface area contributed by atoms with Crippen LogP contribution in [0.25, 0.3) is 0 Å². The van der Waals surface area contributed by atoms with Crippen LogP contribution < -0.4 is 0 Å². The minimum Gasteiger partial charge on any atom is -0.457 e. The number of ether oxygens (including phenoxy) is 2. The number of aliphatic hydroxyl groups is 2. The second-order valence-electron chi connectivity index (χ2n) is 14.4. The van der Waals surface area contributed by atoms with Gasteiger partial charge in [-0.2, -0.15) is 0 Å². The summed E-state index contributed by atoms with van der Waals surface area (Å²) >= 11 is 0. The topological polar surface area (TPSA) is 132 Å². The zero-order chi connectivity index (χ0) is 38.9. The molecule has 0 aromatic carbocycles. The van der Waals surface area contributed by atoms with E-state index < -0.39 is 39.2 Å². The molecule has 0 radical (unpaired) electrons. The Morgan fingerprint density at radius 1 is 0.585 bits per heavy atom. The summed E-state index contributed by atoms with van der Waals surface area (Å²) in [5.41, 5.74) is 0. The van der Waals surface area contributed by atoms with E-state index in [0.717, 1.165) is 64.2 Å². The second kappa shape index (κ2) is 40.3. The number of unbranched alkanes of at least 4 members (excludes halogenated alkanes) is 21. The van der Waals surface area contributed by atoms with Crippen molar-refractivity contribution >= 4 is 13.8 Å². The molecule has 0 aliphatic carbocycles. The van der Waals surface area contributed by atoms with Crippen LogP contribution in [0.5, 0.6) is 0 Å². The Morgan fingerprint density at radius 2 is 1.02 bits per heavy atom. The molecular weight excluding hydrogens is 691 g/mol. The Kier molecular flexibility index (Phi) is 39.3. The highest BCUT2D eigenvalue weighted by Crippen LogP contribution is 2.43. The number of rotatable bonds is 41.